The van der Waals surface area contributed by atoms with Gasteiger partial charge in [0.05, 0.1) is 0 Å². The Hall–Kier alpha value is -0.340. The maximum absolute atomic E-state index is 8.20. The monoisotopic (exact) mass is 116 g/mol. The van der Waals surface area contributed by atoms with Crippen LogP contribution in [0.25, 0.3) is 0 Å². The fourth-order valence-corrected chi connectivity index (χ4v) is 0.0779. The summed E-state index contributed by atoms with van der Waals surface area (Å²) < 4.78 is 0. The Morgan fingerprint density at radius 2 is 2.00 bits per heavy atom. The van der Waals surface area contributed by atoms with Crippen LogP contribution in [-0.2, 0) is 4.89 Å². The number of hydrogen-bond donors (Lipinski definition) is 1. The van der Waals surface area contributed by atoms with E-state index in [-0.39, 0.29) is 0 Å². The van der Waals surface area contributed by atoms with Gasteiger partial charge in [-0.05, 0) is 26.3 Å². The van der Waals surface area contributed by atoms with E-state index < -0.39 is 5.60 Å². The van der Waals surface area contributed by atoms with E-state index in [0.29, 0.717) is 0 Å². The molecule has 0 heterocycles. The highest BCUT2D eigenvalue weighted by Gasteiger charge is 2.18. The Morgan fingerprint density at radius 1 is 1.62 bits per heavy atom. The summed E-state index contributed by atoms with van der Waals surface area (Å²) in [5, 5.41) is 8.20. The van der Waals surface area contributed by atoms with Crippen LogP contribution in [0.5, 0.6) is 0 Å². The van der Waals surface area contributed by atoms with Crippen molar-refractivity contribution in [2.45, 2.75) is 26.4 Å². The SMILES string of the molecule is C=C(C)C(C)(C)OO. The molecule has 2 heteroatoms. The van der Waals surface area contributed by atoms with Gasteiger partial charge in [-0.15, -0.1) is 0 Å². The largest absolute Gasteiger partial charge is 0.251 e. The van der Waals surface area contributed by atoms with Crippen molar-refractivity contribution in [1.82, 2.24) is 0 Å². The van der Waals surface area contributed by atoms with Gasteiger partial charge >= 0.3 is 0 Å². The Kier molecular flexibility index (Phi) is 2.19. The van der Waals surface area contributed by atoms with Gasteiger partial charge in [0.1, 0.15) is 5.60 Å². The summed E-state index contributed by atoms with van der Waals surface area (Å²) >= 11 is 0. The van der Waals surface area contributed by atoms with E-state index in [1.807, 2.05) is 0 Å². The van der Waals surface area contributed by atoms with Gasteiger partial charge in [-0.25, -0.2) is 4.89 Å². The van der Waals surface area contributed by atoms with Crippen LogP contribution < -0.4 is 0 Å². The molecule has 0 aliphatic carbocycles. The molecule has 0 bridgehead atoms. The van der Waals surface area contributed by atoms with E-state index in [2.05, 4.69) is 11.5 Å². The molecule has 0 fully saturated rings. The molecule has 0 saturated heterocycles. The van der Waals surface area contributed by atoms with Gasteiger partial charge in [0.2, 0.25) is 0 Å². The van der Waals surface area contributed by atoms with Crippen molar-refractivity contribution in [3.8, 4) is 0 Å². The molecule has 0 atom stereocenters. The molecule has 0 spiro atoms. The molecule has 0 aromatic carbocycles. The lowest BCUT2D eigenvalue weighted by atomic mass is 10.0. The zero-order chi connectivity index (χ0) is 6.78. The topological polar surface area (TPSA) is 29.5 Å². The van der Waals surface area contributed by atoms with E-state index in [9.17, 15) is 0 Å². The molecule has 0 aromatic rings. The average Bonchev–Trinajstić information content (AvgIpc) is 1.67. The van der Waals surface area contributed by atoms with Crippen molar-refractivity contribution in [2.75, 3.05) is 0 Å². The highest BCUT2D eigenvalue weighted by Crippen LogP contribution is 2.15. The normalized spacial score (nSPS) is 11.5. The lowest BCUT2D eigenvalue weighted by molar-refractivity contribution is -0.300. The zero-order valence-corrected chi connectivity index (χ0v) is 5.56. The first-order chi connectivity index (χ1) is 3.50. The van der Waals surface area contributed by atoms with Crippen LogP contribution in [-0.4, -0.2) is 10.9 Å². The third-order valence-corrected chi connectivity index (χ3v) is 1.26. The molecular formula is C6H12O2. The maximum Gasteiger partial charge on any atom is 0.118 e. The minimum Gasteiger partial charge on any atom is -0.251 e. The van der Waals surface area contributed by atoms with Crippen molar-refractivity contribution in [1.29, 1.82) is 0 Å². The van der Waals surface area contributed by atoms with Crippen molar-refractivity contribution < 1.29 is 10.1 Å². The molecule has 2 nitrogen and oxygen atoms in total. The summed E-state index contributed by atoms with van der Waals surface area (Å²) in [5.41, 5.74) is 0.208. The summed E-state index contributed by atoms with van der Waals surface area (Å²) in [7, 11) is 0. The van der Waals surface area contributed by atoms with Crippen LogP contribution in [0.15, 0.2) is 12.2 Å². The predicted molar refractivity (Wildman–Crippen MR) is 32.6 cm³/mol. The fraction of sp³-hybridized carbons (Fsp3) is 0.667. The molecule has 0 aliphatic heterocycles. The molecule has 0 radical (unpaired) electrons. The summed E-state index contributed by atoms with van der Waals surface area (Å²) in [6.07, 6.45) is 0. The third kappa shape index (κ3) is 1.64. The molecule has 0 amide bonds. The van der Waals surface area contributed by atoms with E-state index in [0.717, 1.165) is 5.57 Å². The van der Waals surface area contributed by atoms with Crippen LogP contribution in [0.3, 0.4) is 0 Å². The first-order valence-electron chi connectivity index (χ1n) is 2.49. The smallest absolute Gasteiger partial charge is 0.118 e. The van der Waals surface area contributed by atoms with Crippen molar-refractivity contribution in [3.63, 3.8) is 0 Å². The minimum atomic E-state index is -0.597. The van der Waals surface area contributed by atoms with Crippen LogP contribution in [0.4, 0.5) is 0 Å². The second-order valence-corrected chi connectivity index (χ2v) is 2.38. The van der Waals surface area contributed by atoms with Crippen LogP contribution >= 0.6 is 0 Å². The van der Waals surface area contributed by atoms with Crippen molar-refractivity contribution in [3.05, 3.63) is 12.2 Å². The predicted octanol–water partition coefficient (Wildman–Crippen LogP) is 1.83. The highest BCUT2D eigenvalue weighted by molar-refractivity contribution is 5.04. The standard InChI is InChI=1S/C6H12O2/c1-5(2)6(3,4)8-7/h7H,1H2,2-4H3. The van der Waals surface area contributed by atoms with E-state index in [1.165, 1.54) is 0 Å². The first kappa shape index (κ1) is 7.66. The second kappa shape index (κ2) is 2.29. The van der Waals surface area contributed by atoms with Gasteiger partial charge in [-0.2, -0.15) is 0 Å². The second-order valence-electron chi connectivity index (χ2n) is 2.38. The van der Waals surface area contributed by atoms with Crippen LogP contribution in [0, 0.1) is 0 Å². The van der Waals surface area contributed by atoms with Gasteiger partial charge in [0.25, 0.3) is 0 Å². The van der Waals surface area contributed by atoms with Gasteiger partial charge in [-0.3, -0.25) is 5.26 Å². The fourth-order valence-electron chi connectivity index (χ4n) is 0.0779. The van der Waals surface area contributed by atoms with Gasteiger partial charge in [-0.1, -0.05) is 6.58 Å². The first-order valence-corrected chi connectivity index (χ1v) is 2.49. The average molecular weight is 116 g/mol. The molecule has 0 saturated carbocycles. The Labute approximate surface area is 49.7 Å². The molecule has 48 valence electrons. The van der Waals surface area contributed by atoms with Crippen LogP contribution in [0.2, 0.25) is 0 Å². The summed E-state index contributed by atoms with van der Waals surface area (Å²) in [5.74, 6) is 0. The van der Waals surface area contributed by atoms with Crippen LogP contribution in [0.1, 0.15) is 20.8 Å². The van der Waals surface area contributed by atoms with Gasteiger partial charge in [0, 0.05) is 0 Å². The van der Waals surface area contributed by atoms with Gasteiger partial charge in [0.15, 0.2) is 0 Å². The Balaban J connectivity index is 3.91. The van der Waals surface area contributed by atoms with E-state index in [4.69, 9.17) is 5.26 Å². The van der Waals surface area contributed by atoms with Crippen molar-refractivity contribution in [2.24, 2.45) is 0 Å². The molecule has 0 unspecified atom stereocenters. The Morgan fingerprint density at radius 3 is 2.00 bits per heavy atom. The van der Waals surface area contributed by atoms with Gasteiger partial charge < -0.3 is 0 Å². The van der Waals surface area contributed by atoms with Crippen molar-refractivity contribution >= 4 is 0 Å². The van der Waals surface area contributed by atoms with E-state index >= 15 is 0 Å². The number of rotatable bonds is 2. The van der Waals surface area contributed by atoms with E-state index in [1.54, 1.807) is 20.8 Å². The Bertz CT molecular complexity index is 94.7. The quantitative estimate of drug-likeness (QED) is 0.339. The molecule has 8 heavy (non-hydrogen) atoms. The lowest BCUT2D eigenvalue weighted by Crippen LogP contribution is -2.23. The third-order valence-electron chi connectivity index (χ3n) is 1.26. The highest BCUT2D eigenvalue weighted by atomic mass is 17.1. The molecule has 0 aromatic heterocycles. The molecule has 0 aliphatic rings. The number of hydrogen-bond acceptors (Lipinski definition) is 2. The molecule has 1 N–H and O–H groups in total. The summed E-state index contributed by atoms with van der Waals surface area (Å²) in [6.45, 7) is 8.91. The summed E-state index contributed by atoms with van der Waals surface area (Å²) in [6, 6.07) is 0. The lowest BCUT2D eigenvalue weighted by Gasteiger charge is -2.19. The zero-order valence-electron chi connectivity index (χ0n) is 5.56. The molecule has 0 rings (SSSR count). The maximum atomic E-state index is 8.20. The summed E-state index contributed by atoms with van der Waals surface area (Å²) in [4.78, 5) is 4.10. The molecular weight excluding hydrogens is 104 g/mol. The minimum absolute atomic E-state index is 0.597.